The van der Waals surface area contributed by atoms with E-state index < -0.39 is 35.3 Å². The van der Waals surface area contributed by atoms with Crippen LogP contribution < -0.4 is 14.9 Å². The highest BCUT2D eigenvalue weighted by atomic mass is 19.4. The summed E-state index contributed by atoms with van der Waals surface area (Å²) in [5.74, 6) is -2.52. The van der Waals surface area contributed by atoms with Gasteiger partial charge in [-0.3, -0.25) is 4.79 Å². The molecule has 0 saturated carbocycles. The van der Waals surface area contributed by atoms with Crippen LogP contribution in [0, 0.1) is 0 Å². The zero-order valence-electron chi connectivity index (χ0n) is 8.57. The van der Waals surface area contributed by atoms with Gasteiger partial charge in [-0.1, -0.05) is 0 Å². The predicted molar refractivity (Wildman–Crippen MR) is 45.3 cm³/mol. The van der Waals surface area contributed by atoms with Gasteiger partial charge in [0.2, 0.25) is 11.2 Å². The smallest absolute Gasteiger partial charge is 0.482 e. The fourth-order valence-electron chi connectivity index (χ4n) is 1.05. The Labute approximate surface area is 95.1 Å². The van der Waals surface area contributed by atoms with Crippen molar-refractivity contribution >= 4 is 0 Å². The number of pyridine rings is 1. The molecule has 0 aliphatic carbocycles. The topological polar surface area (TPSA) is 51.3 Å². The Morgan fingerprint density at radius 1 is 1.17 bits per heavy atom. The molecule has 18 heavy (non-hydrogen) atoms. The zero-order valence-corrected chi connectivity index (χ0v) is 8.57. The van der Waals surface area contributed by atoms with Gasteiger partial charge < -0.3 is 14.5 Å². The number of alkyl halides is 6. The third-order valence-corrected chi connectivity index (χ3v) is 1.68. The molecule has 1 aromatic rings. The van der Waals surface area contributed by atoms with Gasteiger partial charge in [-0.15, -0.1) is 13.2 Å². The van der Waals surface area contributed by atoms with Crippen LogP contribution in [0.5, 0.6) is 11.6 Å². The molecule has 0 bridgehead atoms. The lowest BCUT2D eigenvalue weighted by Gasteiger charge is -2.15. The van der Waals surface area contributed by atoms with Crippen molar-refractivity contribution in [2.45, 2.75) is 12.5 Å². The number of hydrogen-bond acceptors (Lipinski definition) is 3. The van der Waals surface area contributed by atoms with E-state index in [9.17, 15) is 31.1 Å². The lowest BCUT2D eigenvalue weighted by atomic mass is 10.3. The highest BCUT2D eigenvalue weighted by Crippen LogP contribution is 2.35. The van der Waals surface area contributed by atoms with Gasteiger partial charge in [-0.25, -0.2) is 0 Å². The summed E-state index contributed by atoms with van der Waals surface area (Å²) in [5, 5.41) is 0. The van der Waals surface area contributed by atoms with Crippen molar-refractivity contribution in [2.24, 2.45) is 0 Å². The number of methoxy groups -OCH3 is 1. The summed E-state index contributed by atoms with van der Waals surface area (Å²) in [6.07, 6.45) is -10.6. The molecule has 4 nitrogen and oxygen atoms in total. The van der Waals surface area contributed by atoms with E-state index in [1.165, 1.54) is 4.98 Å². The average molecular weight is 277 g/mol. The number of H-pyrrole nitrogens is 1. The van der Waals surface area contributed by atoms with Crippen molar-refractivity contribution in [2.75, 3.05) is 7.11 Å². The first-order valence-corrected chi connectivity index (χ1v) is 4.19. The number of rotatable bonds is 2. The monoisotopic (exact) mass is 277 g/mol. The highest BCUT2D eigenvalue weighted by Gasteiger charge is 2.42. The fourth-order valence-corrected chi connectivity index (χ4v) is 1.05. The van der Waals surface area contributed by atoms with E-state index >= 15 is 0 Å². The first-order chi connectivity index (χ1) is 8.04. The summed E-state index contributed by atoms with van der Waals surface area (Å²) < 4.78 is 80.4. The molecule has 10 heteroatoms. The lowest BCUT2D eigenvalue weighted by Crippen LogP contribution is -2.26. The van der Waals surface area contributed by atoms with Crippen LogP contribution in [-0.2, 0) is 6.18 Å². The van der Waals surface area contributed by atoms with Gasteiger partial charge in [0, 0.05) is 6.07 Å². The molecule has 1 aromatic heterocycles. The average Bonchev–Trinajstić information content (AvgIpc) is 2.17. The Kier molecular flexibility index (Phi) is 3.49. The SMILES string of the molecule is COc1cc(=O)c(OC(F)(F)F)c(C(F)(F)F)[nH]1. The summed E-state index contributed by atoms with van der Waals surface area (Å²) in [6, 6.07) is 0.413. The molecule has 1 rings (SSSR count). The van der Waals surface area contributed by atoms with Crippen LogP contribution in [0.4, 0.5) is 26.3 Å². The van der Waals surface area contributed by atoms with Gasteiger partial charge in [-0.2, -0.15) is 13.2 Å². The molecule has 0 aliphatic heterocycles. The maximum absolute atomic E-state index is 12.4. The van der Waals surface area contributed by atoms with Gasteiger partial charge in [0.25, 0.3) is 0 Å². The van der Waals surface area contributed by atoms with E-state index in [-0.39, 0.29) is 0 Å². The Balaban J connectivity index is 3.44. The molecule has 1 heterocycles. The molecule has 0 unspecified atom stereocenters. The van der Waals surface area contributed by atoms with Gasteiger partial charge in [0.15, 0.2) is 11.6 Å². The Hall–Kier alpha value is -1.87. The first kappa shape index (κ1) is 14.2. The molecule has 0 fully saturated rings. The van der Waals surface area contributed by atoms with Crippen LogP contribution in [0.25, 0.3) is 0 Å². The molecule has 0 spiro atoms. The normalized spacial score (nSPS) is 12.4. The van der Waals surface area contributed by atoms with E-state index in [0.29, 0.717) is 6.07 Å². The second-order valence-corrected chi connectivity index (χ2v) is 2.95. The van der Waals surface area contributed by atoms with Crippen LogP contribution in [0.15, 0.2) is 10.9 Å². The lowest BCUT2D eigenvalue weighted by molar-refractivity contribution is -0.277. The minimum absolute atomic E-state index is 0.413. The number of ether oxygens (including phenoxy) is 2. The molecule has 102 valence electrons. The minimum Gasteiger partial charge on any atom is -0.482 e. The van der Waals surface area contributed by atoms with Gasteiger partial charge >= 0.3 is 12.5 Å². The molecule has 0 aromatic carbocycles. The summed E-state index contributed by atoms with van der Waals surface area (Å²) >= 11 is 0. The zero-order chi connectivity index (χ0) is 14.1. The quantitative estimate of drug-likeness (QED) is 0.844. The number of aromatic amines is 1. The molecule has 0 radical (unpaired) electrons. The van der Waals surface area contributed by atoms with Crippen LogP contribution >= 0.6 is 0 Å². The molecule has 0 aliphatic rings. The summed E-state index contributed by atoms with van der Waals surface area (Å²) in [5.41, 5.74) is -3.57. The standard InChI is InChI=1S/C8H5F6NO3/c1-17-4-2-3(16)5(18-8(12,13)14)6(15-4)7(9,10)11/h2H,1H3,(H,15,16). The van der Waals surface area contributed by atoms with Gasteiger partial charge in [0.05, 0.1) is 7.11 Å². The van der Waals surface area contributed by atoms with Gasteiger partial charge in [0.1, 0.15) is 0 Å². The molecule has 1 N–H and O–H groups in total. The Morgan fingerprint density at radius 3 is 2.11 bits per heavy atom. The Bertz CT molecular complexity index is 489. The van der Waals surface area contributed by atoms with Crippen molar-refractivity contribution in [3.8, 4) is 11.6 Å². The predicted octanol–water partition coefficient (Wildman–Crippen LogP) is 2.30. The van der Waals surface area contributed by atoms with E-state index in [4.69, 9.17) is 0 Å². The van der Waals surface area contributed by atoms with E-state index in [0.717, 1.165) is 7.11 Å². The molecule has 0 atom stereocenters. The van der Waals surface area contributed by atoms with E-state index in [1.807, 2.05) is 0 Å². The van der Waals surface area contributed by atoms with Crippen molar-refractivity contribution in [1.29, 1.82) is 0 Å². The van der Waals surface area contributed by atoms with E-state index in [2.05, 4.69) is 9.47 Å². The van der Waals surface area contributed by atoms with Crippen LogP contribution in [-0.4, -0.2) is 18.5 Å². The van der Waals surface area contributed by atoms with Crippen molar-refractivity contribution in [1.82, 2.24) is 4.98 Å². The van der Waals surface area contributed by atoms with Gasteiger partial charge in [-0.05, 0) is 0 Å². The summed E-state index contributed by atoms with van der Waals surface area (Å²) in [4.78, 5) is 12.6. The largest absolute Gasteiger partial charge is 0.573 e. The van der Waals surface area contributed by atoms with Crippen molar-refractivity contribution < 1.29 is 35.8 Å². The van der Waals surface area contributed by atoms with Crippen LogP contribution in [0.2, 0.25) is 0 Å². The number of hydrogen-bond donors (Lipinski definition) is 1. The Morgan fingerprint density at radius 2 is 1.72 bits per heavy atom. The number of aromatic nitrogens is 1. The summed E-state index contributed by atoms with van der Waals surface area (Å²) in [7, 11) is 0.940. The third kappa shape index (κ3) is 3.31. The number of halogens is 6. The van der Waals surface area contributed by atoms with E-state index in [1.54, 1.807) is 0 Å². The highest BCUT2D eigenvalue weighted by molar-refractivity contribution is 5.33. The second-order valence-electron chi connectivity index (χ2n) is 2.95. The first-order valence-electron chi connectivity index (χ1n) is 4.19. The maximum Gasteiger partial charge on any atom is 0.573 e. The number of nitrogens with one attached hydrogen (secondary N) is 1. The van der Waals surface area contributed by atoms with Crippen molar-refractivity contribution in [3.63, 3.8) is 0 Å². The second kappa shape index (κ2) is 4.42. The van der Waals surface area contributed by atoms with Crippen LogP contribution in [0.3, 0.4) is 0 Å². The fraction of sp³-hybridized carbons (Fsp3) is 0.375. The summed E-state index contributed by atoms with van der Waals surface area (Å²) in [6.45, 7) is 0. The van der Waals surface area contributed by atoms with Crippen molar-refractivity contribution in [3.05, 3.63) is 22.0 Å². The molecular weight excluding hydrogens is 272 g/mol. The van der Waals surface area contributed by atoms with Crippen LogP contribution in [0.1, 0.15) is 5.69 Å². The molecule has 0 saturated heterocycles. The molecule has 0 amide bonds. The third-order valence-electron chi connectivity index (χ3n) is 1.68. The maximum atomic E-state index is 12.4. The minimum atomic E-state index is -5.42. The molecular formula is C8H5F6NO3.